The van der Waals surface area contributed by atoms with Gasteiger partial charge in [-0.2, -0.15) is 4.98 Å². The fourth-order valence-electron chi connectivity index (χ4n) is 2.47. The standard InChI is InChI=1S/C12H10ClN3OS.C5H11NO.C2H6/c1-7-6-18-10-9(7)15-12(13)16-11(10)14-5-8-3-2-4-17-8;6-5-2-1-3-7-4-5;1-2/h2-4,6H,5H2,1H3,(H,14,15,16);5H,1-4,6H2;1-2H3. The van der Waals surface area contributed by atoms with E-state index in [0.29, 0.717) is 12.6 Å². The van der Waals surface area contributed by atoms with Crippen molar-refractivity contribution in [2.75, 3.05) is 18.5 Å². The molecule has 1 aliphatic heterocycles. The van der Waals surface area contributed by atoms with Crippen LogP contribution < -0.4 is 11.1 Å². The van der Waals surface area contributed by atoms with Gasteiger partial charge in [-0.1, -0.05) is 13.8 Å². The quantitative estimate of drug-likeness (QED) is 0.590. The average Bonchev–Trinajstić information content (AvgIpc) is 3.33. The van der Waals surface area contributed by atoms with Crippen LogP contribution in [0.2, 0.25) is 5.28 Å². The molecule has 0 saturated carbocycles. The lowest BCUT2D eigenvalue weighted by atomic mass is 10.1. The van der Waals surface area contributed by atoms with Crippen LogP contribution in [0.1, 0.15) is 38.0 Å². The first kappa shape index (κ1) is 21.6. The van der Waals surface area contributed by atoms with Gasteiger partial charge in [0.15, 0.2) is 0 Å². The normalized spacial score (nSPS) is 16.1. The van der Waals surface area contributed by atoms with Crippen molar-refractivity contribution < 1.29 is 9.15 Å². The highest BCUT2D eigenvalue weighted by molar-refractivity contribution is 7.18. The van der Waals surface area contributed by atoms with Gasteiger partial charge in [0.25, 0.3) is 0 Å². The van der Waals surface area contributed by atoms with Crippen LogP contribution >= 0.6 is 22.9 Å². The van der Waals surface area contributed by atoms with Gasteiger partial charge in [-0.3, -0.25) is 0 Å². The highest BCUT2D eigenvalue weighted by Gasteiger charge is 2.11. The fraction of sp³-hybridized carbons (Fsp3) is 0.474. The Hall–Kier alpha value is -1.67. The molecule has 0 aromatic carbocycles. The monoisotopic (exact) mass is 410 g/mol. The van der Waals surface area contributed by atoms with Gasteiger partial charge in [-0.05, 0) is 54.4 Å². The Morgan fingerprint density at radius 2 is 2.19 bits per heavy atom. The van der Waals surface area contributed by atoms with Gasteiger partial charge in [0, 0.05) is 12.6 Å². The van der Waals surface area contributed by atoms with Gasteiger partial charge in [-0.15, -0.1) is 11.3 Å². The van der Waals surface area contributed by atoms with Crippen molar-refractivity contribution in [2.45, 2.75) is 46.2 Å². The fourth-order valence-corrected chi connectivity index (χ4v) is 3.60. The van der Waals surface area contributed by atoms with E-state index in [1.54, 1.807) is 17.6 Å². The lowest BCUT2D eigenvalue weighted by molar-refractivity contribution is 0.0822. The molecule has 0 bridgehead atoms. The van der Waals surface area contributed by atoms with E-state index < -0.39 is 0 Å². The number of anilines is 1. The zero-order valence-corrected chi connectivity index (χ0v) is 17.6. The number of nitrogens with zero attached hydrogens (tertiary/aromatic N) is 2. The van der Waals surface area contributed by atoms with Crippen molar-refractivity contribution >= 4 is 39.0 Å². The number of hydrogen-bond acceptors (Lipinski definition) is 7. The number of halogens is 1. The SMILES string of the molecule is CC.Cc1csc2c(NCc3ccco3)nc(Cl)nc12.NC1CCCOC1. The number of thiophene rings is 1. The minimum Gasteiger partial charge on any atom is -0.467 e. The second-order valence-corrected chi connectivity index (χ2v) is 7.07. The first-order valence-corrected chi connectivity index (χ1v) is 10.4. The van der Waals surface area contributed by atoms with Crippen LogP contribution in [0.3, 0.4) is 0 Å². The van der Waals surface area contributed by atoms with Crippen LogP contribution in [0.5, 0.6) is 0 Å². The molecule has 1 aliphatic rings. The molecule has 1 unspecified atom stereocenters. The number of ether oxygens (including phenoxy) is 1. The molecule has 0 spiro atoms. The molecule has 8 heteroatoms. The van der Waals surface area contributed by atoms with Crippen molar-refractivity contribution in [3.8, 4) is 0 Å². The maximum atomic E-state index is 5.93. The third-order valence-corrected chi connectivity index (χ3v) is 5.03. The summed E-state index contributed by atoms with van der Waals surface area (Å²) in [5, 5.41) is 5.53. The molecule has 3 aromatic rings. The molecule has 0 radical (unpaired) electrons. The largest absolute Gasteiger partial charge is 0.467 e. The molecule has 3 aromatic heterocycles. The minimum atomic E-state index is 0.256. The van der Waals surface area contributed by atoms with E-state index in [1.807, 2.05) is 38.3 Å². The molecule has 148 valence electrons. The Balaban J connectivity index is 0.000000244. The third kappa shape index (κ3) is 6.46. The molecule has 0 aliphatic carbocycles. The Morgan fingerprint density at radius 1 is 1.37 bits per heavy atom. The molecule has 3 N–H and O–H groups in total. The number of aromatic nitrogens is 2. The molecule has 27 heavy (non-hydrogen) atoms. The Kier molecular flexibility index (Phi) is 9.00. The summed E-state index contributed by atoms with van der Waals surface area (Å²) >= 11 is 7.54. The molecular formula is C19H27ClN4O2S. The first-order valence-electron chi connectivity index (χ1n) is 9.14. The third-order valence-electron chi connectivity index (χ3n) is 3.77. The van der Waals surface area contributed by atoms with Gasteiger partial charge >= 0.3 is 0 Å². The molecule has 1 fully saturated rings. The summed E-state index contributed by atoms with van der Waals surface area (Å²) < 4.78 is 11.3. The van der Waals surface area contributed by atoms with E-state index in [2.05, 4.69) is 15.3 Å². The molecule has 4 rings (SSSR count). The van der Waals surface area contributed by atoms with Gasteiger partial charge in [-0.25, -0.2) is 4.98 Å². The highest BCUT2D eigenvalue weighted by Crippen LogP contribution is 2.30. The number of hydrogen-bond donors (Lipinski definition) is 2. The Morgan fingerprint density at radius 3 is 2.78 bits per heavy atom. The number of nitrogens with two attached hydrogens (primary N) is 1. The maximum absolute atomic E-state index is 5.93. The van der Waals surface area contributed by atoms with E-state index in [-0.39, 0.29) is 5.28 Å². The maximum Gasteiger partial charge on any atom is 0.224 e. The van der Waals surface area contributed by atoms with E-state index >= 15 is 0 Å². The Labute approximate surface area is 169 Å². The summed E-state index contributed by atoms with van der Waals surface area (Å²) in [4.78, 5) is 8.47. The van der Waals surface area contributed by atoms with Crippen molar-refractivity contribution in [1.29, 1.82) is 0 Å². The molecular weight excluding hydrogens is 384 g/mol. The van der Waals surface area contributed by atoms with Crippen LogP contribution in [-0.2, 0) is 11.3 Å². The second-order valence-electron chi connectivity index (χ2n) is 5.85. The zero-order chi connectivity index (χ0) is 19.6. The van der Waals surface area contributed by atoms with E-state index in [9.17, 15) is 0 Å². The molecule has 0 amide bonds. The summed E-state index contributed by atoms with van der Waals surface area (Å²) in [5.41, 5.74) is 7.53. The van der Waals surface area contributed by atoms with Crippen molar-refractivity contribution in [3.05, 3.63) is 40.4 Å². The predicted octanol–water partition coefficient (Wildman–Crippen LogP) is 5.01. The van der Waals surface area contributed by atoms with Crippen LogP contribution in [-0.4, -0.2) is 29.2 Å². The number of aryl methyl sites for hydroxylation is 1. The average molecular weight is 411 g/mol. The summed E-state index contributed by atoms with van der Waals surface area (Å²) in [6.07, 6.45) is 3.93. The van der Waals surface area contributed by atoms with Crippen molar-refractivity contribution in [2.24, 2.45) is 5.73 Å². The van der Waals surface area contributed by atoms with E-state index in [1.165, 1.54) is 0 Å². The topological polar surface area (TPSA) is 86.2 Å². The highest BCUT2D eigenvalue weighted by atomic mass is 35.5. The zero-order valence-electron chi connectivity index (χ0n) is 16.0. The minimum absolute atomic E-state index is 0.256. The lowest BCUT2D eigenvalue weighted by Gasteiger charge is -2.16. The number of fused-ring (bicyclic) bond motifs is 1. The molecule has 6 nitrogen and oxygen atoms in total. The van der Waals surface area contributed by atoms with Crippen LogP contribution in [0, 0.1) is 6.92 Å². The summed E-state index contributed by atoms with van der Waals surface area (Å²) in [6.45, 7) is 8.26. The number of rotatable bonds is 3. The summed E-state index contributed by atoms with van der Waals surface area (Å²) in [5.74, 6) is 1.60. The molecule has 1 atom stereocenters. The molecule has 1 saturated heterocycles. The Bertz CT molecular complexity index is 802. The molecule has 4 heterocycles. The van der Waals surface area contributed by atoms with Gasteiger partial charge in [0.05, 0.1) is 29.6 Å². The van der Waals surface area contributed by atoms with Crippen LogP contribution in [0.15, 0.2) is 28.2 Å². The first-order chi connectivity index (χ1) is 13.1. The van der Waals surface area contributed by atoms with Gasteiger partial charge < -0.3 is 20.2 Å². The van der Waals surface area contributed by atoms with Crippen molar-refractivity contribution in [1.82, 2.24) is 9.97 Å². The van der Waals surface area contributed by atoms with Gasteiger partial charge in [0.2, 0.25) is 5.28 Å². The van der Waals surface area contributed by atoms with Crippen LogP contribution in [0.4, 0.5) is 5.82 Å². The van der Waals surface area contributed by atoms with Gasteiger partial charge in [0.1, 0.15) is 11.6 Å². The summed E-state index contributed by atoms with van der Waals surface area (Å²) in [7, 11) is 0. The lowest BCUT2D eigenvalue weighted by Crippen LogP contribution is -2.30. The van der Waals surface area contributed by atoms with E-state index in [4.69, 9.17) is 26.5 Å². The number of nitrogens with one attached hydrogen (secondary N) is 1. The van der Waals surface area contributed by atoms with Crippen molar-refractivity contribution in [3.63, 3.8) is 0 Å². The second kappa shape index (κ2) is 11.2. The summed E-state index contributed by atoms with van der Waals surface area (Å²) in [6, 6.07) is 4.08. The van der Waals surface area contributed by atoms with Crippen LogP contribution in [0.25, 0.3) is 10.2 Å². The predicted molar refractivity (Wildman–Crippen MR) is 113 cm³/mol. The smallest absolute Gasteiger partial charge is 0.224 e. The van der Waals surface area contributed by atoms with E-state index in [0.717, 1.165) is 53.4 Å². The number of furan rings is 1.